The van der Waals surface area contributed by atoms with E-state index in [1.165, 1.54) is 18.9 Å². The first-order chi connectivity index (χ1) is 7.18. The van der Waals surface area contributed by atoms with Gasteiger partial charge in [0.2, 0.25) is 0 Å². The lowest BCUT2D eigenvalue weighted by Gasteiger charge is -2.21. The van der Waals surface area contributed by atoms with Gasteiger partial charge in [0, 0.05) is 22.6 Å². The smallest absolute Gasteiger partial charge is 0.128 e. The summed E-state index contributed by atoms with van der Waals surface area (Å²) in [5, 5.41) is 0. The highest BCUT2D eigenvalue weighted by Crippen LogP contribution is 2.25. The van der Waals surface area contributed by atoms with Crippen molar-refractivity contribution in [2.24, 2.45) is 0 Å². The van der Waals surface area contributed by atoms with Crippen LogP contribution < -0.4 is 0 Å². The molecule has 2 rings (SSSR count). The molecule has 0 aromatic heterocycles. The SMILES string of the molecule is C[C@@H]1CCCN1Cc1c(F)cccc1Br. The zero-order valence-corrected chi connectivity index (χ0v) is 10.4. The summed E-state index contributed by atoms with van der Waals surface area (Å²) in [5.74, 6) is -0.108. The van der Waals surface area contributed by atoms with Crippen molar-refractivity contribution in [2.75, 3.05) is 6.54 Å². The van der Waals surface area contributed by atoms with E-state index in [-0.39, 0.29) is 5.82 Å². The molecule has 0 N–H and O–H groups in total. The van der Waals surface area contributed by atoms with Gasteiger partial charge in [0.15, 0.2) is 0 Å². The first-order valence-corrected chi connectivity index (χ1v) is 6.14. The van der Waals surface area contributed by atoms with Crippen molar-refractivity contribution in [3.05, 3.63) is 34.1 Å². The number of benzene rings is 1. The molecule has 1 aromatic rings. The minimum atomic E-state index is -0.108. The van der Waals surface area contributed by atoms with Crippen LogP contribution in [0.2, 0.25) is 0 Å². The zero-order chi connectivity index (χ0) is 10.8. The second kappa shape index (κ2) is 4.62. The van der Waals surface area contributed by atoms with Gasteiger partial charge in [-0.15, -0.1) is 0 Å². The van der Waals surface area contributed by atoms with E-state index in [4.69, 9.17) is 0 Å². The molecule has 1 fully saturated rings. The summed E-state index contributed by atoms with van der Waals surface area (Å²) < 4.78 is 14.5. The number of nitrogens with zero attached hydrogens (tertiary/aromatic N) is 1. The van der Waals surface area contributed by atoms with Crippen LogP contribution in [0.1, 0.15) is 25.3 Å². The van der Waals surface area contributed by atoms with E-state index in [1.54, 1.807) is 6.07 Å². The Balaban J connectivity index is 2.16. The van der Waals surface area contributed by atoms with Gasteiger partial charge in [0.05, 0.1) is 0 Å². The fourth-order valence-electron chi connectivity index (χ4n) is 2.11. The molecule has 1 nitrogen and oxygen atoms in total. The molecule has 0 aliphatic carbocycles. The Labute approximate surface area is 98.4 Å². The molecular formula is C12H15BrFN. The Morgan fingerprint density at radius 1 is 1.53 bits per heavy atom. The molecule has 1 aliphatic heterocycles. The number of halogens is 2. The number of hydrogen-bond donors (Lipinski definition) is 0. The predicted octanol–water partition coefficient (Wildman–Crippen LogP) is 3.57. The van der Waals surface area contributed by atoms with E-state index < -0.39 is 0 Å². The van der Waals surface area contributed by atoms with Crippen molar-refractivity contribution < 1.29 is 4.39 Å². The number of rotatable bonds is 2. The molecule has 0 spiro atoms. The summed E-state index contributed by atoms with van der Waals surface area (Å²) in [4.78, 5) is 2.34. The summed E-state index contributed by atoms with van der Waals surface area (Å²) in [5.41, 5.74) is 0.784. The highest BCUT2D eigenvalue weighted by molar-refractivity contribution is 9.10. The maximum atomic E-state index is 13.6. The summed E-state index contributed by atoms with van der Waals surface area (Å²) in [6, 6.07) is 5.74. The quantitative estimate of drug-likeness (QED) is 0.795. The van der Waals surface area contributed by atoms with Crippen LogP contribution in [0.5, 0.6) is 0 Å². The van der Waals surface area contributed by atoms with Crippen molar-refractivity contribution in [2.45, 2.75) is 32.4 Å². The van der Waals surface area contributed by atoms with Crippen LogP contribution in [0.4, 0.5) is 4.39 Å². The first kappa shape index (κ1) is 11.1. The van der Waals surface area contributed by atoms with Crippen LogP contribution in [-0.4, -0.2) is 17.5 Å². The maximum absolute atomic E-state index is 13.6. The maximum Gasteiger partial charge on any atom is 0.128 e. The fourth-order valence-corrected chi connectivity index (χ4v) is 2.58. The van der Waals surface area contributed by atoms with E-state index in [1.807, 2.05) is 6.07 Å². The van der Waals surface area contributed by atoms with Crippen molar-refractivity contribution in [3.63, 3.8) is 0 Å². The lowest BCUT2D eigenvalue weighted by molar-refractivity contribution is 0.256. The largest absolute Gasteiger partial charge is 0.296 e. The minimum Gasteiger partial charge on any atom is -0.296 e. The van der Waals surface area contributed by atoms with Gasteiger partial charge >= 0.3 is 0 Å². The lowest BCUT2D eigenvalue weighted by Crippen LogP contribution is -2.26. The van der Waals surface area contributed by atoms with Crippen LogP contribution in [0, 0.1) is 5.82 Å². The second-order valence-corrected chi connectivity index (χ2v) is 5.02. The molecular weight excluding hydrogens is 257 g/mol. The molecule has 1 atom stereocenters. The van der Waals surface area contributed by atoms with E-state index in [9.17, 15) is 4.39 Å². The standard InChI is InChI=1S/C12H15BrFN/c1-9-4-3-7-15(9)8-10-11(13)5-2-6-12(10)14/h2,5-6,9H,3-4,7-8H2,1H3/t9-/m1/s1. The van der Waals surface area contributed by atoms with Gasteiger partial charge in [-0.1, -0.05) is 22.0 Å². The summed E-state index contributed by atoms with van der Waals surface area (Å²) in [6.07, 6.45) is 2.46. The molecule has 82 valence electrons. The normalized spacial score (nSPS) is 22.2. The molecule has 3 heteroatoms. The van der Waals surface area contributed by atoms with Crippen molar-refractivity contribution >= 4 is 15.9 Å². The van der Waals surface area contributed by atoms with Gasteiger partial charge in [-0.05, 0) is 38.4 Å². The predicted molar refractivity (Wildman–Crippen MR) is 63.2 cm³/mol. The average molecular weight is 272 g/mol. The second-order valence-electron chi connectivity index (χ2n) is 4.16. The number of hydrogen-bond acceptors (Lipinski definition) is 1. The summed E-state index contributed by atoms with van der Waals surface area (Å²) >= 11 is 3.41. The summed E-state index contributed by atoms with van der Waals surface area (Å²) in [7, 11) is 0. The molecule has 1 aliphatic rings. The van der Waals surface area contributed by atoms with E-state index in [2.05, 4.69) is 27.8 Å². The Bertz CT molecular complexity index is 333. The molecule has 1 aromatic carbocycles. The van der Waals surface area contributed by atoms with Gasteiger partial charge in [-0.3, -0.25) is 4.90 Å². The van der Waals surface area contributed by atoms with Gasteiger partial charge < -0.3 is 0 Å². The molecule has 1 saturated heterocycles. The van der Waals surface area contributed by atoms with E-state index >= 15 is 0 Å². The van der Waals surface area contributed by atoms with Gasteiger partial charge in [0.25, 0.3) is 0 Å². The molecule has 0 amide bonds. The van der Waals surface area contributed by atoms with Crippen molar-refractivity contribution in [3.8, 4) is 0 Å². The van der Waals surface area contributed by atoms with Crippen LogP contribution >= 0.6 is 15.9 Å². The first-order valence-electron chi connectivity index (χ1n) is 5.35. The Morgan fingerprint density at radius 2 is 2.33 bits per heavy atom. The fraction of sp³-hybridized carbons (Fsp3) is 0.500. The average Bonchev–Trinajstić information content (AvgIpc) is 2.58. The lowest BCUT2D eigenvalue weighted by atomic mass is 10.2. The summed E-state index contributed by atoms with van der Waals surface area (Å²) in [6.45, 7) is 4.01. The molecule has 0 bridgehead atoms. The topological polar surface area (TPSA) is 3.24 Å². The van der Waals surface area contributed by atoms with E-state index in [0.717, 1.165) is 16.6 Å². The third-order valence-corrected chi connectivity index (χ3v) is 3.86. The molecule has 1 heterocycles. The highest BCUT2D eigenvalue weighted by Gasteiger charge is 2.21. The van der Waals surface area contributed by atoms with Crippen molar-refractivity contribution in [1.29, 1.82) is 0 Å². The van der Waals surface area contributed by atoms with Crippen LogP contribution in [-0.2, 0) is 6.54 Å². The Morgan fingerprint density at radius 3 is 2.93 bits per heavy atom. The Hall–Kier alpha value is -0.410. The third kappa shape index (κ3) is 2.40. The molecule has 0 radical (unpaired) electrons. The van der Waals surface area contributed by atoms with Crippen LogP contribution in [0.25, 0.3) is 0 Å². The van der Waals surface area contributed by atoms with Gasteiger partial charge in [0.1, 0.15) is 5.82 Å². The van der Waals surface area contributed by atoms with Crippen molar-refractivity contribution in [1.82, 2.24) is 4.90 Å². The van der Waals surface area contributed by atoms with Gasteiger partial charge in [-0.2, -0.15) is 0 Å². The van der Waals surface area contributed by atoms with Crippen LogP contribution in [0.3, 0.4) is 0 Å². The molecule has 0 unspecified atom stereocenters. The third-order valence-electron chi connectivity index (χ3n) is 3.11. The molecule has 0 saturated carbocycles. The zero-order valence-electron chi connectivity index (χ0n) is 8.84. The molecule has 15 heavy (non-hydrogen) atoms. The van der Waals surface area contributed by atoms with Gasteiger partial charge in [-0.25, -0.2) is 4.39 Å². The Kier molecular flexibility index (Phi) is 3.42. The highest BCUT2D eigenvalue weighted by atomic mass is 79.9. The van der Waals surface area contributed by atoms with Crippen LogP contribution in [0.15, 0.2) is 22.7 Å². The minimum absolute atomic E-state index is 0.108. The van der Waals surface area contributed by atoms with E-state index in [0.29, 0.717) is 12.6 Å². The number of likely N-dealkylation sites (tertiary alicyclic amines) is 1. The monoisotopic (exact) mass is 271 g/mol.